The van der Waals surface area contributed by atoms with Gasteiger partial charge in [0.15, 0.2) is 6.29 Å². The Kier molecular flexibility index (Phi) is 3.67. The molecule has 0 unspecified atom stereocenters. The van der Waals surface area contributed by atoms with Crippen molar-refractivity contribution in [2.24, 2.45) is 0 Å². The second-order valence-electron chi connectivity index (χ2n) is 3.34. The normalized spacial score (nSPS) is 10.3. The molecule has 0 radical (unpaired) electrons. The Morgan fingerprint density at radius 2 is 1.71 bits per heavy atom. The molecule has 0 bridgehead atoms. The highest BCUT2D eigenvalue weighted by molar-refractivity contribution is 6.36. The number of benzene rings is 1. The Morgan fingerprint density at radius 1 is 1.06 bits per heavy atom. The third-order valence-electron chi connectivity index (χ3n) is 2.22. The van der Waals surface area contributed by atoms with Crippen molar-refractivity contribution in [1.82, 2.24) is 4.98 Å². The van der Waals surface area contributed by atoms with Crippen LogP contribution in [0.1, 0.15) is 10.4 Å². The molecule has 0 amide bonds. The minimum absolute atomic E-state index is 0.243. The summed E-state index contributed by atoms with van der Waals surface area (Å²) >= 11 is 17.8. The van der Waals surface area contributed by atoms with Crippen LogP contribution in [0.5, 0.6) is 0 Å². The summed E-state index contributed by atoms with van der Waals surface area (Å²) in [4.78, 5) is 14.9. The molecule has 1 heterocycles. The van der Waals surface area contributed by atoms with Crippen molar-refractivity contribution in [3.63, 3.8) is 0 Å². The Bertz CT molecular complexity index is 564. The van der Waals surface area contributed by atoms with Gasteiger partial charge in [-0.25, -0.2) is 4.98 Å². The molecule has 0 saturated carbocycles. The fourth-order valence-corrected chi connectivity index (χ4v) is 2.33. The van der Waals surface area contributed by atoms with E-state index in [-0.39, 0.29) is 5.15 Å². The molecule has 0 aliphatic carbocycles. The zero-order chi connectivity index (χ0) is 12.4. The van der Waals surface area contributed by atoms with E-state index < -0.39 is 0 Å². The van der Waals surface area contributed by atoms with Crippen LogP contribution in [-0.4, -0.2) is 11.3 Å². The molecule has 0 N–H and O–H groups in total. The first kappa shape index (κ1) is 12.4. The number of hydrogen-bond acceptors (Lipinski definition) is 2. The summed E-state index contributed by atoms with van der Waals surface area (Å²) in [6.07, 6.45) is 2.19. The first-order valence-electron chi connectivity index (χ1n) is 4.68. The maximum atomic E-state index is 11.0. The van der Waals surface area contributed by atoms with Gasteiger partial charge >= 0.3 is 0 Å². The van der Waals surface area contributed by atoms with Crippen molar-refractivity contribution in [2.45, 2.75) is 0 Å². The summed E-state index contributed by atoms with van der Waals surface area (Å²) in [6.45, 7) is 0. The summed E-state index contributed by atoms with van der Waals surface area (Å²) in [6, 6.07) is 6.56. The van der Waals surface area contributed by atoms with Crippen LogP contribution in [0.2, 0.25) is 15.2 Å². The van der Waals surface area contributed by atoms with Crippen LogP contribution in [0.15, 0.2) is 30.5 Å². The summed E-state index contributed by atoms with van der Waals surface area (Å²) in [5.74, 6) is 0. The molecule has 2 nitrogen and oxygen atoms in total. The third-order valence-corrected chi connectivity index (χ3v) is 2.94. The third kappa shape index (κ3) is 2.60. The smallest absolute Gasteiger partial charge is 0.150 e. The second-order valence-corrected chi connectivity index (χ2v) is 4.57. The highest BCUT2D eigenvalue weighted by Gasteiger charge is 2.11. The van der Waals surface area contributed by atoms with E-state index in [0.717, 1.165) is 6.29 Å². The standard InChI is InChI=1S/C12H6Cl3NO/c13-9-3-8(4-10(14)5-9)11-7(6-17)1-2-16-12(11)15/h1-6H. The zero-order valence-electron chi connectivity index (χ0n) is 8.45. The van der Waals surface area contributed by atoms with Gasteiger partial charge in [-0.3, -0.25) is 4.79 Å². The topological polar surface area (TPSA) is 30.0 Å². The number of aromatic nitrogens is 1. The number of hydrogen-bond donors (Lipinski definition) is 0. The molecule has 0 atom stereocenters. The fraction of sp³-hybridized carbons (Fsp3) is 0. The highest BCUT2D eigenvalue weighted by atomic mass is 35.5. The van der Waals surface area contributed by atoms with Gasteiger partial charge in [0.1, 0.15) is 5.15 Å². The molecule has 2 aromatic rings. The summed E-state index contributed by atoms with van der Waals surface area (Å²) < 4.78 is 0. The van der Waals surface area contributed by atoms with E-state index in [0.29, 0.717) is 26.7 Å². The van der Waals surface area contributed by atoms with Gasteiger partial charge in [0.2, 0.25) is 0 Å². The van der Waals surface area contributed by atoms with Gasteiger partial charge in [-0.05, 0) is 29.8 Å². The molecule has 0 aliphatic heterocycles. The van der Waals surface area contributed by atoms with E-state index in [9.17, 15) is 4.79 Å². The molecule has 2 rings (SSSR count). The van der Waals surface area contributed by atoms with E-state index in [1.54, 1.807) is 24.3 Å². The lowest BCUT2D eigenvalue weighted by molar-refractivity contribution is 0.112. The Hall–Kier alpha value is -1.09. The van der Waals surface area contributed by atoms with Crippen LogP contribution in [0.4, 0.5) is 0 Å². The lowest BCUT2D eigenvalue weighted by atomic mass is 10.0. The molecule has 1 aromatic carbocycles. The largest absolute Gasteiger partial charge is 0.298 e. The SMILES string of the molecule is O=Cc1ccnc(Cl)c1-c1cc(Cl)cc(Cl)c1. The molecule has 0 aliphatic rings. The zero-order valence-corrected chi connectivity index (χ0v) is 10.7. The number of carbonyl (C=O) groups excluding carboxylic acids is 1. The maximum absolute atomic E-state index is 11.0. The van der Waals surface area contributed by atoms with Crippen LogP contribution in [-0.2, 0) is 0 Å². The van der Waals surface area contributed by atoms with Crippen molar-refractivity contribution < 1.29 is 4.79 Å². The predicted octanol–water partition coefficient (Wildman–Crippen LogP) is 4.52. The summed E-state index contributed by atoms with van der Waals surface area (Å²) in [7, 11) is 0. The van der Waals surface area contributed by atoms with Gasteiger partial charge in [-0.2, -0.15) is 0 Å². The molecular formula is C12H6Cl3NO. The van der Waals surface area contributed by atoms with Crippen LogP contribution in [0.25, 0.3) is 11.1 Å². The maximum Gasteiger partial charge on any atom is 0.150 e. The van der Waals surface area contributed by atoms with Gasteiger partial charge in [0, 0.05) is 27.4 Å². The Balaban J connectivity index is 2.71. The van der Waals surface area contributed by atoms with Crippen molar-refractivity contribution in [1.29, 1.82) is 0 Å². The van der Waals surface area contributed by atoms with Crippen LogP contribution < -0.4 is 0 Å². The van der Waals surface area contributed by atoms with Crippen molar-refractivity contribution in [3.05, 3.63) is 51.2 Å². The molecule has 0 spiro atoms. The molecule has 0 saturated heterocycles. The minimum Gasteiger partial charge on any atom is -0.298 e. The van der Waals surface area contributed by atoms with Gasteiger partial charge in [-0.1, -0.05) is 34.8 Å². The molecule has 17 heavy (non-hydrogen) atoms. The van der Waals surface area contributed by atoms with Gasteiger partial charge in [-0.15, -0.1) is 0 Å². The first-order chi connectivity index (χ1) is 8.11. The average molecular weight is 287 g/mol. The predicted molar refractivity (Wildman–Crippen MR) is 70.1 cm³/mol. The Labute approximate surface area is 113 Å². The Morgan fingerprint density at radius 3 is 2.29 bits per heavy atom. The molecule has 1 aromatic heterocycles. The van der Waals surface area contributed by atoms with Crippen molar-refractivity contribution in [3.8, 4) is 11.1 Å². The number of halogens is 3. The molecule has 0 fully saturated rings. The lowest BCUT2D eigenvalue weighted by Crippen LogP contribution is -1.91. The van der Waals surface area contributed by atoms with Crippen LogP contribution in [0, 0.1) is 0 Å². The number of nitrogens with zero attached hydrogens (tertiary/aromatic N) is 1. The second kappa shape index (κ2) is 5.05. The van der Waals surface area contributed by atoms with E-state index in [4.69, 9.17) is 34.8 Å². The van der Waals surface area contributed by atoms with Gasteiger partial charge in [0.25, 0.3) is 0 Å². The van der Waals surface area contributed by atoms with Gasteiger partial charge in [0.05, 0.1) is 0 Å². The van der Waals surface area contributed by atoms with Crippen LogP contribution >= 0.6 is 34.8 Å². The molecule has 86 valence electrons. The lowest BCUT2D eigenvalue weighted by Gasteiger charge is -2.07. The first-order valence-corrected chi connectivity index (χ1v) is 5.81. The minimum atomic E-state index is 0.243. The van der Waals surface area contributed by atoms with E-state index in [1.807, 2.05) is 0 Å². The van der Waals surface area contributed by atoms with Crippen molar-refractivity contribution >= 4 is 41.1 Å². The number of aldehydes is 1. The van der Waals surface area contributed by atoms with Crippen LogP contribution in [0.3, 0.4) is 0 Å². The van der Waals surface area contributed by atoms with Crippen molar-refractivity contribution in [2.75, 3.05) is 0 Å². The van der Waals surface area contributed by atoms with Gasteiger partial charge < -0.3 is 0 Å². The highest BCUT2D eigenvalue weighted by Crippen LogP contribution is 2.32. The quantitative estimate of drug-likeness (QED) is 0.600. The number of rotatable bonds is 2. The van der Waals surface area contributed by atoms with E-state index in [2.05, 4.69) is 4.98 Å². The fourth-order valence-electron chi connectivity index (χ4n) is 1.53. The molecule has 5 heteroatoms. The average Bonchev–Trinajstić information content (AvgIpc) is 2.27. The van der Waals surface area contributed by atoms with E-state index in [1.165, 1.54) is 6.20 Å². The molecular weight excluding hydrogens is 280 g/mol. The summed E-state index contributed by atoms with van der Waals surface area (Å²) in [5, 5.41) is 1.20. The monoisotopic (exact) mass is 285 g/mol. The number of pyridine rings is 1. The summed E-state index contributed by atoms with van der Waals surface area (Å²) in [5.41, 5.74) is 1.65. The number of carbonyl (C=O) groups is 1. The van der Waals surface area contributed by atoms with E-state index >= 15 is 0 Å².